The van der Waals surface area contributed by atoms with Crippen molar-refractivity contribution in [2.45, 2.75) is 45.8 Å². The number of anilines is 2. The van der Waals surface area contributed by atoms with E-state index in [-0.39, 0.29) is 29.9 Å². The molecule has 2 amide bonds. The zero-order valence-corrected chi connectivity index (χ0v) is 21.5. The smallest absolute Gasteiger partial charge is 0.251 e. The van der Waals surface area contributed by atoms with Crippen LogP contribution in [0.2, 0.25) is 0 Å². The lowest BCUT2D eigenvalue weighted by atomic mass is 10.0. The summed E-state index contributed by atoms with van der Waals surface area (Å²) >= 11 is 0. The predicted molar refractivity (Wildman–Crippen MR) is 137 cm³/mol. The van der Waals surface area contributed by atoms with Gasteiger partial charge in [0.25, 0.3) is 5.91 Å². The van der Waals surface area contributed by atoms with Crippen LogP contribution in [-0.2, 0) is 14.8 Å². The molecule has 36 heavy (non-hydrogen) atoms. The van der Waals surface area contributed by atoms with Gasteiger partial charge < -0.3 is 21.1 Å². The second-order valence-corrected chi connectivity index (χ2v) is 11.2. The van der Waals surface area contributed by atoms with Gasteiger partial charge in [-0.3, -0.25) is 13.9 Å². The minimum absolute atomic E-state index is 0.0611. The van der Waals surface area contributed by atoms with Crippen molar-refractivity contribution in [3.05, 3.63) is 53.8 Å². The van der Waals surface area contributed by atoms with E-state index in [2.05, 4.69) is 10.6 Å². The molecule has 2 unspecified atom stereocenters. The quantitative estimate of drug-likeness (QED) is 0.442. The molecule has 0 radical (unpaired) electrons. The Morgan fingerprint density at radius 3 is 2.44 bits per heavy atom. The fourth-order valence-corrected chi connectivity index (χ4v) is 5.45. The van der Waals surface area contributed by atoms with Gasteiger partial charge in [-0.2, -0.15) is 0 Å². The number of hydrogen-bond acceptors (Lipinski definition) is 6. The monoisotopic (exact) mass is 520 g/mol. The Hall–Kier alpha value is -3.18. The first kappa shape index (κ1) is 27.4. The lowest BCUT2D eigenvalue weighted by molar-refractivity contribution is -0.119. The summed E-state index contributed by atoms with van der Waals surface area (Å²) in [5, 5.41) is 5.47. The number of ether oxygens (including phenoxy) is 1. The minimum Gasteiger partial charge on any atom is -0.491 e. The van der Waals surface area contributed by atoms with Gasteiger partial charge in [-0.05, 0) is 63.1 Å². The Morgan fingerprint density at radius 2 is 1.83 bits per heavy atom. The molecular formula is C25H33FN4O5S. The van der Waals surface area contributed by atoms with E-state index in [0.29, 0.717) is 36.5 Å². The normalized spacial score (nSPS) is 16.4. The molecule has 9 nitrogen and oxygen atoms in total. The number of sulfonamides is 1. The fourth-order valence-electron chi connectivity index (χ4n) is 3.90. The SMILES string of the molecule is CC(C)Oc1cc(C(=O)NCC(N)CC(C)C(=O)Nc2ccc(F)cc2)cc(N2CCCS2(=O)=O)c1. The minimum atomic E-state index is -3.43. The summed E-state index contributed by atoms with van der Waals surface area (Å²) in [6.07, 6.45) is 0.657. The van der Waals surface area contributed by atoms with Crippen LogP contribution in [0.15, 0.2) is 42.5 Å². The number of nitrogens with zero attached hydrogens (tertiary/aromatic N) is 1. The predicted octanol–water partition coefficient (Wildman–Crippen LogP) is 2.87. The molecule has 3 rings (SSSR count). The Bertz CT molecular complexity index is 1190. The van der Waals surface area contributed by atoms with E-state index in [9.17, 15) is 22.4 Å². The van der Waals surface area contributed by atoms with Crippen molar-refractivity contribution >= 4 is 33.2 Å². The first-order chi connectivity index (χ1) is 16.9. The van der Waals surface area contributed by atoms with E-state index >= 15 is 0 Å². The zero-order chi connectivity index (χ0) is 26.5. The summed E-state index contributed by atoms with van der Waals surface area (Å²) in [6.45, 7) is 5.85. The number of rotatable bonds is 10. The number of benzene rings is 2. The van der Waals surface area contributed by atoms with Crippen LogP contribution in [0.1, 0.15) is 44.0 Å². The largest absolute Gasteiger partial charge is 0.491 e. The molecule has 2 aromatic carbocycles. The zero-order valence-electron chi connectivity index (χ0n) is 20.7. The molecule has 0 spiro atoms. The molecule has 0 bridgehead atoms. The number of nitrogens with one attached hydrogen (secondary N) is 2. The Morgan fingerprint density at radius 1 is 1.14 bits per heavy atom. The lowest BCUT2D eigenvalue weighted by Gasteiger charge is -2.21. The summed E-state index contributed by atoms with van der Waals surface area (Å²) in [5.41, 5.74) is 7.27. The highest BCUT2D eigenvalue weighted by molar-refractivity contribution is 7.93. The van der Waals surface area contributed by atoms with Gasteiger partial charge in [0.15, 0.2) is 0 Å². The molecule has 1 fully saturated rings. The average Bonchev–Trinajstić information content (AvgIpc) is 3.17. The van der Waals surface area contributed by atoms with Crippen LogP contribution in [-0.4, -0.2) is 51.2 Å². The van der Waals surface area contributed by atoms with Crippen molar-refractivity contribution in [1.82, 2.24) is 5.32 Å². The molecule has 0 aromatic heterocycles. The summed E-state index contributed by atoms with van der Waals surface area (Å²) in [5.74, 6) is -1.08. The number of hydrogen-bond donors (Lipinski definition) is 3. The standard InChI is InChI=1S/C25H33FN4O5S/c1-16(2)35-23-13-18(12-22(14-23)30-9-4-10-36(30,33)34)25(32)28-15-20(27)11-17(3)24(31)29-21-7-5-19(26)6-8-21/h5-8,12-14,16-17,20H,4,9-11,15,27H2,1-3H3,(H,28,32)(H,29,31). The van der Waals surface area contributed by atoms with Crippen LogP contribution in [0.25, 0.3) is 0 Å². The van der Waals surface area contributed by atoms with Crippen LogP contribution in [0.5, 0.6) is 5.75 Å². The molecular weight excluding hydrogens is 487 g/mol. The van der Waals surface area contributed by atoms with E-state index < -0.39 is 33.7 Å². The number of amides is 2. The van der Waals surface area contributed by atoms with Crippen LogP contribution in [0, 0.1) is 11.7 Å². The van der Waals surface area contributed by atoms with Crippen molar-refractivity contribution in [3.8, 4) is 5.75 Å². The molecule has 196 valence electrons. The van der Waals surface area contributed by atoms with Gasteiger partial charge in [0.05, 0.1) is 17.5 Å². The van der Waals surface area contributed by atoms with Crippen molar-refractivity contribution in [2.75, 3.05) is 28.5 Å². The van der Waals surface area contributed by atoms with E-state index in [4.69, 9.17) is 10.5 Å². The molecule has 4 N–H and O–H groups in total. The fraction of sp³-hybridized carbons (Fsp3) is 0.440. The lowest BCUT2D eigenvalue weighted by Crippen LogP contribution is -2.39. The van der Waals surface area contributed by atoms with Gasteiger partial charge in [0.2, 0.25) is 15.9 Å². The Labute approximate surface area is 211 Å². The molecule has 2 aromatic rings. The number of halogens is 1. The van der Waals surface area contributed by atoms with Crippen molar-refractivity contribution < 1.29 is 27.1 Å². The van der Waals surface area contributed by atoms with Crippen LogP contribution in [0.4, 0.5) is 15.8 Å². The Kier molecular flexibility index (Phi) is 8.91. The molecule has 2 atom stereocenters. The third kappa shape index (κ3) is 7.41. The van der Waals surface area contributed by atoms with Crippen molar-refractivity contribution in [1.29, 1.82) is 0 Å². The molecule has 0 aliphatic carbocycles. The molecule has 11 heteroatoms. The maximum absolute atomic E-state index is 13.0. The highest BCUT2D eigenvalue weighted by Crippen LogP contribution is 2.30. The third-order valence-electron chi connectivity index (χ3n) is 5.65. The van der Waals surface area contributed by atoms with E-state index in [1.165, 1.54) is 34.6 Å². The van der Waals surface area contributed by atoms with Crippen LogP contribution in [0.3, 0.4) is 0 Å². The number of nitrogens with two attached hydrogens (primary N) is 1. The highest BCUT2D eigenvalue weighted by Gasteiger charge is 2.29. The van der Waals surface area contributed by atoms with Gasteiger partial charge >= 0.3 is 0 Å². The summed E-state index contributed by atoms with van der Waals surface area (Å²) in [4.78, 5) is 25.3. The van der Waals surface area contributed by atoms with Crippen molar-refractivity contribution in [2.24, 2.45) is 11.7 Å². The van der Waals surface area contributed by atoms with Crippen molar-refractivity contribution in [3.63, 3.8) is 0 Å². The van der Waals surface area contributed by atoms with Gasteiger partial charge in [0.1, 0.15) is 11.6 Å². The summed E-state index contributed by atoms with van der Waals surface area (Å²) in [6, 6.07) is 9.66. The van der Waals surface area contributed by atoms with E-state index in [1.54, 1.807) is 19.1 Å². The van der Waals surface area contributed by atoms with Crippen LogP contribution < -0.4 is 25.4 Å². The first-order valence-corrected chi connectivity index (χ1v) is 13.5. The molecule has 1 saturated heterocycles. The summed E-state index contributed by atoms with van der Waals surface area (Å²) < 4.78 is 44.9. The molecule has 1 aliphatic rings. The number of carbonyl (C=O) groups excluding carboxylic acids is 2. The van der Waals surface area contributed by atoms with Gasteiger partial charge in [0, 0.05) is 42.4 Å². The second-order valence-electron chi connectivity index (χ2n) is 9.23. The maximum Gasteiger partial charge on any atom is 0.251 e. The van der Waals surface area contributed by atoms with Gasteiger partial charge in [-0.1, -0.05) is 6.92 Å². The van der Waals surface area contributed by atoms with E-state index in [1.807, 2.05) is 13.8 Å². The van der Waals surface area contributed by atoms with Crippen LogP contribution >= 0.6 is 0 Å². The van der Waals surface area contributed by atoms with Gasteiger partial charge in [-0.15, -0.1) is 0 Å². The third-order valence-corrected chi connectivity index (χ3v) is 7.52. The maximum atomic E-state index is 13.0. The average molecular weight is 521 g/mol. The van der Waals surface area contributed by atoms with E-state index in [0.717, 1.165) is 0 Å². The first-order valence-electron chi connectivity index (χ1n) is 11.9. The Balaban J connectivity index is 1.62. The topological polar surface area (TPSA) is 131 Å². The molecule has 1 heterocycles. The number of carbonyl (C=O) groups is 2. The highest BCUT2D eigenvalue weighted by atomic mass is 32.2. The second kappa shape index (κ2) is 11.7. The summed E-state index contributed by atoms with van der Waals surface area (Å²) in [7, 11) is -3.43. The van der Waals surface area contributed by atoms with Gasteiger partial charge in [-0.25, -0.2) is 12.8 Å². The molecule has 1 aliphatic heterocycles. The molecule has 0 saturated carbocycles.